The molecular weight excluding hydrogens is 195 g/mol. The van der Waals surface area contributed by atoms with E-state index in [4.69, 9.17) is 0 Å². The molecule has 1 aliphatic carbocycles. The summed E-state index contributed by atoms with van der Waals surface area (Å²) in [7, 11) is 0. The molecule has 1 N–H and O–H groups in total. The molecule has 0 saturated heterocycles. The lowest BCUT2D eigenvalue weighted by Crippen LogP contribution is -1.85. The van der Waals surface area contributed by atoms with Crippen LogP contribution in [0.15, 0.2) is 18.5 Å². The highest BCUT2D eigenvalue weighted by Gasteiger charge is 2.27. The number of hydrogen-bond acceptors (Lipinski definition) is 3. The molecular formula is C10H9FN4. The van der Waals surface area contributed by atoms with Gasteiger partial charge in [0.25, 0.3) is 0 Å². The van der Waals surface area contributed by atoms with Crippen LogP contribution in [0.5, 0.6) is 0 Å². The second kappa shape index (κ2) is 3.12. The van der Waals surface area contributed by atoms with E-state index in [2.05, 4.69) is 20.2 Å². The molecule has 0 unspecified atom stereocenters. The second-order valence-electron chi connectivity index (χ2n) is 3.71. The molecule has 2 aromatic rings. The third-order valence-corrected chi connectivity index (χ3v) is 2.43. The van der Waals surface area contributed by atoms with Crippen LogP contribution in [0.3, 0.4) is 0 Å². The summed E-state index contributed by atoms with van der Waals surface area (Å²) in [6.45, 7) is 0. The van der Waals surface area contributed by atoms with Gasteiger partial charge in [0, 0.05) is 17.7 Å². The number of nitrogens with one attached hydrogen (secondary N) is 1. The van der Waals surface area contributed by atoms with E-state index in [1.807, 2.05) is 0 Å². The molecule has 0 radical (unpaired) electrons. The van der Waals surface area contributed by atoms with Crippen molar-refractivity contribution >= 4 is 0 Å². The Morgan fingerprint density at radius 3 is 2.93 bits per heavy atom. The fourth-order valence-corrected chi connectivity index (χ4v) is 1.48. The fraction of sp³-hybridized carbons (Fsp3) is 0.300. The van der Waals surface area contributed by atoms with Crippen LogP contribution in [-0.4, -0.2) is 20.2 Å². The van der Waals surface area contributed by atoms with E-state index in [-0.39, 0.29) is 5.82 Å². The largest absolute Gasteiger partial charge is 0.262 e. The molecule has 0 atom stereocenters. The van der Waals surface area contributed by atoms with Crippen LogP contribution in [-0.2, 0) is 0 Å². The molecule has 15 heavy (non-hydrogen) atoms. The molecule has 3 rings (SSSR count). The summed E-state index contributed by atoms with van der Waals surface area (Å²) in [5.74, 6) is 1.57. The van der Waals surface area contributed by atoms with Gasteiger partial charge in [0.2, 0.25) is 0 Å². The Balaban J connectivity index is 1.97. The van der Waals surface area contributed by atoms with Crippen molar-refractivity contribution in [2.45, 2.75) is 18.8 Å². The van der Waals surface area contributed by atoms with Gasteiger partial charge >= 0.3 is 0 Å². The van der Waals surface area contributed by atoms with Gasteiger partial charge in [-0.3, -0.25) is 10.1 Å². The highest BCUT2D eigenvalue weighted by atomic mass is 19.1. The molecule has 1 aliphatic rings. The minimum absolute atomic E-state index is 0.370. The maximum atomic E-state index is 12.9. The van der Waals surface area contributed by atoms with E-state index in [0.29, 0.717) is 17.3 Å². The Hall–Kier alpha value is -1.78. The molecule has 2 aromatic heterocycles. The fourth-order valence-electron chi connectivity index (χ4n) is 1.48. The lowest BCUT2D eigenvalue weighted by atomic mass is 10.3. The Bertz CT molecular complexity index is 490. The molecule has 0 amide bonds. The molecule has 0 bridgehead atoms. The first-order valence-corrected chi connectivity index (χ1v) is 4.86. The normalized spacial score (nSPS) is 15.5. The number of nitrogens with zero attached hydrogens (tertiary/aromatic N) is 3. The van der Waals surface area contributed by atoms with Crippen molar-refractivity contribution in [3.8, 4) is 11.4 Å². The smallest absolute Gasteiger partial charge is 0.182 e. The number of aromatic nitrogens is 4. The van der Waals surface area contributed by atoms with E-state index in [0.717, 1.165) is 24.9 Å². The highest BCUT2D eigenvalue weighted by Crippen LogP contribution is 2.38. The SMILES string of the molecule is Fc1cncc(-c2n[nH]c(C3CC3)n2)c1. The predicted octanol–water partition coefficient (Wildman–Crippen LogP) is 1.88. The number of pyridine rings is 1. The number of rotatable bonds is 2. The van der Waals surface area contributed by atoms with Gasteiger partial charge in [-0.2, -0.15) is 5.10 Å². The third-order valence-electron chi connectivity index (χ3n) is 2.43. The molecule has 1 saturated carbocycles. The monoisotopic (exact) mass is 204 g/mol. The van der Waals surface area contributed by atoms with Crippen molar-refractivity contribution in [3.05, 3.63) is 30.1 Å². The number of hydrogen-bond donors (Lipinski definition) is 1. The Morgan fingerprint density at radius 2 is 2.20 bits per heavy atom. The summed E-state index contributed by atoms with van der Waals surface area (Å²) in [5, 5.41) is 6.92. The van der Waals surface area contributed by atoms with Gasteiger partial charge < -0.3 is 0 Å². The zero-order valence-electron chi connectivity index (χ0n) is 7.94. The summed E-state index contributed by atoms with van der Waals surface area (Å²) in [4.78, 5) is 8.07. The first kappa shape index (κ1) is 8.52. The van der Waals surface area contributed by atoms with E-state index < -0.39 is 0 Å². The molecule has 1 fully saturated rings. The number of aromatic amines is 1. The van der Waals surface area contributed by atoms with Gasteiger partial charge in [-0.25, -0.2) is 9.37 Å². The molecule has 2 heterocycles. The molecule has 76 valence electrons. The number of H-pyrrole nitrogens is 1. The summed E-state index contributed by atoms with van der Waals surface area (Å²) < 4.78 is 12.9. The minimum atomic E-state index is -0.370. The van der Waals surface area contributed by atoms with Gasteiger partial charge in [-0.05, 0) is 18.9 Å². The lowest BCUT2D eigenvalue weighted by Gasteiger charge is -1.93. The summed E-state index contributed by atoms with van der Waals surface area (Å²) in [6.07, 6.45) is 5.05. The van der Waals surface area contributed by atoms with Crippen molar-refractivity contribution in [1.82, 2.24) is 20.2 Å². The number of halogens is 1. The van der Waals surface area contributed by atoms with Gasteiger partial charge in [-0.15, -0.1) is 0 Å². The van der Waals surface area contributed by atoms with E-state index in [9.17, 15) is 4.39 Å². The van der Waals surface area contributed by atoms with Crippen molar-refractivity contribution < 1.29 is 4.39 Å². The quantitative estimate of drug-likeness (QED) is 0.812. The van der Waals surface area contributed by atoms with E-state index in [1.54, 1.807) is 6.20 Å². The maximum absolute atomic E-state index is 12.9. The van der Waals surface area contributed by atoms with Crippen molar-refractivity contribution in [2.24, 2.45) is 0 Å². The predicted molar refractivity (Wildman–Crippen MR) is 51.5 cm³/mol. The average molecular weight is 204 g/mol. The lowest BCUT2D eigenvalue weighted by molar-refractivity contribution is 0.622. The molecule has 4 nitrogen and oxygen atoms in total. The van der Waals surface area contributed by atoms with Crippen LogP contribution in [0.2, 0.25) is 0 Å². The standard InChI is InChI=1S/C10H9FN4/c11-8-3-7(4-12-5-8)10-13-9(14-15-10)6-1-2-6/h3-6H,1-2H2,(H,13,14,15). The first-order valence-electron chi connectivity index (χ1n) is 4.86. The Labute approximate surface area is 85.6 Å². The van der Waals surface area contributed by atoms with Gasteiger partial charge in [0.15, 0.2) is 5.82 Å². The topological polar surface area (TPSA) is 54.5 Å². The van der Waals surface area contributed by atoms with Gasteiger partial charge in [-0.1, -0.05) is 0 Å². The van der Waals surface area contributed by atoms with E-state index in [1.165, 1.54) is 6.07 Å². The highest BCUT2D eigenvalue weighted by molar-refractivity contribution is 5.52. The minimum Gasteiger partial charge on any atom is -0.262 e. The van der Waals surface area contributed by atoms with Crippen molar-refractivity contribution in [2.75, 3.05) is 0 Å². The Kier molecular flexibility index (Phi) is 1.77. The van der Waals surface area contributed by atoms with E-state index >= 15 is 0 Å². The molecule has 5 heteroatoms. The summed E-state index contributed by atoms with van der Waals surface area (Å²) in [6, 6.07) is 1.38. The zero-order valence-corrected chi connectivity index (χ0v) is 7.94. The first-order chi connectivity index (χ1) is 7.33. The van der Waals surface area contributed by atoms with Crippen LogP contribution in [0.25, 0.3) is 11.4 Å². The van der Waals surface area contributed by atoms with Crippen LogP contribution in [0, 0.1) is 5.82 Å². The van der Waals surface area contributed by atoms with Crippen LogP contribution < -0.4 is 0 Å². The third kappa shape index (κ3) is 1.60. The van der Waals surface area contributed by atoms with Crippen LogP contribution in [0.4, 0.5) is 4.39 Å². The molecule has 0 aromatic carbocycles. The summed E-state index contributed by atoms with van der Waals surface area (Å²) >= 11 is 0. The molecule has 0 aliphatic heterocycles. The van der Waals surface area contributed by atoms with Crippen molar-refractivity contribution in [3.63, 3.8) is 0 Å². The van der Waals surface area contributed by atoms with Crippen LogP contribution >= 0.6 is 0 Å². The summed E-state index contributed by atoms with van der Waals surface area (Å²) in [5.41, 5.74) is 0.609. The Morgan fingerprint density at radius 1 is 1.33 bits per heavy atom. The average Bonchev–Trinajstić information content (AvgIpc) is 2.97. The van der Waals surface area contributed by atoms with Crippen molar-refractivity contribution in [1.29, 1.82) is 0 Å². The molecule has 0 spiro atoms. The van der Waals surface area contributed by atoms with Gasteiger partial charge in [0.1, 0.15) is 11.6 Å². The maximum Gasteiger partial charge on any atom is 0.182 e. The second-order valence-corrected chi connectivity index (χ2v) is 3.71. The van der Waals surface area contributed by atoms with Crippen LogP contribution in [0.1, 0.15) is 24.6 Å². The van der Waals surface area contributed by atoms with Gasteiger partial charge in [0.05, 0.1) is 6.20 Å². The zero-order chi connectivity index (χ0) is 10.3.